The van der Waals surface area contributed by atoms with Gasteiger partial charge < -0.3 is 11.1 Å². The van der Waals surface area contributed by atoms with Gasteiger partial charge in [0.2, 0.25) is 0 Å². The molecular formula is C12H14ClFN4O. The van der Waals surface area contributed by atoms with E-state index < -0.39 is 5.91 Å². The molecule has 0 aliphatic carbocycles. The van der Waals surface area contributed by atoms with Crippen LogP contribution >= 0.6 is 12.4 Å². The molecule has 0 atom stereocenters. The summed E-state index contributed by atoms with van der Waals surface area (Å²) in [5.74, 6) is -0.299. The molecule has 1 aromatic heterocycles. The second-order valence-electron chi connectivity index (χ2n) is 3.89. The van der Waals surface area contributed by atoms with Crippen molar-refractivity contribution in [2.45, 2.75) is 6.54 Å². The molecule has 0 fully saturated rings. The van der Waals surface area contributed by atoms with E-state index in [9.17, 15) is 9.18 Å². The van der Waals surface area contributed by atoms with E-state index in [1.165, 1.54) is 16.8 Å². The van der Waals surface area contributed by atoms with E-state index in [4.69, 9.17) is 5.73 Å². The second-order valence-corrected chi connectivity index (χ2v) is 3.89. The molecule has 0 saturated heterocycles. The summed E-state index contributed by atoms with van der Waals surface area (Å²) >= 11 is 0. The molecule has 3 N–H and O–H groups in total. The molecular weight excluding hydrogens is 271 g/mol. The van der Waals surface area contributed by atoms with E-state index in [0.29, 0.717) is 18.1 Å². The maximum atomic E-state index is 13.0. The number of nitrogens with two attached hydrogens (primary N) is 1. The minimum atomic E-state index is -0.538. The van der Waals surface area contributed by atoms with Crippen molar-refractivity contribution in [3.8, 4) is 0 Å². The zero-order valence-corrected chi connectivity index (χ0v) is 11.1. The van der Waals surface area contributed by atoms with Gasteiger partial charge in [0.25, 0.3) is 5.91 Å². The zero-order valence-electron chi connectivity index (χ0n) is 10.3. The summed E-state index contributed by atoms with van der Waals surface area (Å²) in [5.41, 5.74) is 6.29. The molecule has 5 nitrogen and oxygen atoms in total. The third-order valence-electron chi connectivity index (χ3n) is 2.49. The fraction of sp³-hybridized carbons (Fsp3) is 0.167. The van der Waals surface area contributed by atoms with Crippen LogP contribution < -0.4 is 11.1 Å². The molecule has 1 aromatic carbocycles. The Kier molecular flexibility index (Phi) is 4.88. The van der Waals surface area contributed by atoms with Crippen LogP contribution in [0.15, 0.2) is 30.3 Å². The topological polar surface area (TPSA) is 72.9 Å². The van der Waals surface area contributed by atoms with Gasteiger partial charge >= 0.3 is 0 Å². The standard InChI is InChI=1S/C12H13FN4O.ClH/c1-17-10(12(14)18)6-11(16-17)15-7-8-3-2-4-9(13)5-8;/h2-6H,7H2,1H3,(H2,14,18)(H,15,16);1H. The van der Waals surface area contributed by atoms with Crippen LogP contribution in [0.1, 0.15) is 16.1 Å². The Labute approximate surface area is 116 Å². The lowest BCUT2D eigenvalue weighted by molar-refractivity contribution is 0.0991. The highest BCUT2D eigenvalue weighted by atomic mass is 35.5. The third-order valence-corrected chi connectivity index (χ3v) is 2.49. The number of anilines is 1. The molecule has 0 spiro atoms. The van der Waals surface area contributed by atoms with E-state index in [1.54, 1.807) is 25.2 Å². The molecule has 0 aliphatic rings. The molecule has 0 aliphatic heterocycles. The summed E-state index contributed by atoms with van der Waals surface area (Å²) in [6, 6.07) is 7.82. The van der Waals surface area contributed by atoms with Gasteiger partial charge in [0.1, 0.15) is 17.3 Å². The normalized spacial score (nSPS) is 9.79. The third kappa shape index (κ3) is 3.69. The first-order valence-corrected chi connectivity index (χ1v) is 5.38. The minimum absolute atomic E-state index is 0. The van der Waals surface area contributed by atoms with Crippen molar-refractivity contribution in [3.63, 3.8) is 0 Å². The fourth-order valence-corrected chi connectivity index (χ4v) is 1.62. The Morgan fingerprint density at radius 1 is 1.47 bits per heavy atom. The summed E-state index contributed by atoms with van der Waals surface area (Å²) in [6.45, 7) is 0.424. The van der Waals surface area contributed by atoms with Crippen LogP contribution in [0.4, 0.5) is 10.2 Å². The number of primary amides is 1. The van der Waals surface area contributed by atoms with Crippen LogP contribution in [0.3, 0.4) is 0 Å². The molecule has 19 heavy (non-hydrogen) atoms. The van der Waals surface area contributed by atoms with Gasteiger partial charge in [0.05, 0.1) is 0 Å². The van der Waals surface area contributed by atoms with Crippen LogP contribution in [0, 0.1) is 5.82 Å². The Balaban J connectivity index is 0.00000180. The molecule has 1 amide bonds. The summed E-state index contributed by atoms with van der Waals surface area (Å²) in [4.78, 5) is 11.0. The molecule has 2 aromatic rings. The van der Waals surface area contributed by atoms with Crippen LogP contribution in [0.5, 0.6) is 0 Å². The largest absolute Gasteiger partial charge is 0.365 e. The number of nitrogens with zero attached hydrogens (tertiary/aromatic N) is 2. The van der Waals surface area contributed by atoms with Crippen molar-refractivity contribution >= 4 is 24.1 Å². The van der Waals surface area contributed by atoms with Gasteiger partial charge in [0, 0.05) is 19.7 Å². The van der Waals surface area contributed by atoms with Crippen molar-refractivity contribution in [1.29, 1.82) is 0 Å². The number of amides is 1. The SMILES string of the molecule is Cl.Cn1nc(NCc2cccc(F)c2)cc1C(N)=O. The first-order valence-electron chi connectivity index (χ1n) is 5.38. The van der Waals surface area contributed by atoms with Gasteiger partial charge in [-0.15, -0.1) is 12.4 Å². The number of aromatic nitrogens is 2. The lowest BCUT2D eigenvalue weighted by Gasteiger charge is -2.02. The average Bonchev–Trinajstić information content (AvgIpc) is 2.68. The lowest BCUT2D eigenvalue weighted by atomic mass is 10.2. The average molecular weight is 285 g/mol. The number of rotatable bonds is 4. The van der Waals surface area contributed by atoms with Gasteiger partial charge in [-0.1, -0.05) is 12.1 Å². The van der Waals surface area contributed by atoms with E-state index in [2.05, 4.69) is 10.4 Å². The Bertz CT molecular complexity index is 585. The molecule has 2 rings (SSSR count). The van der Waals surface area contributed by atoms with Crippen molar-refractivity contribution in [3.05, 3.63) is 47.4 Å². The molecule has 0 bridgehead atoms. The second kappa shape index (κ2) is 6.19. The van der Waals surface area contributed by atoms with Crippen molar-refractivity contribution in [1.82, 2.24) is 9.78 Å². The highest BCUT2D eigenvalue weighted by Gasteiger charge is 2.09. The molecule has 0 saturated carbocycles. The Morgan fingerprint density at radius 3 is 2.79 bits per heavy atom. The number of carbonyl (C=O) groups is 1. The summed E-state index contributed by atoms with van der Waals surface area (Å²) in [6.07, 6.45) is 0. The first-order chi connectivity index (χ1) is 8.56. The number of aryl methyl sites for hydroxylation is 1. The summed E-state index contributed by atoms with van der Waals surface area (Å²) < 4.78 is 14.4. The minimum Gasteiger partial charge on any atom is -0.365 e. The number of carbonyl (C=O) groups excluding carboxylic acids is 1. The lowest BCUT2D eigenvalue weighted by Crippen LogP contribution is -2.15. The number of halogens is 2. The van der Waals surface area contributed by atoms with Crippen LogP contribution in [0.2, 0.25) is 0 Å². The van der Waals surface area contributed by atoms with Gasteiger partial charge in [-0.25, -0.2) is 4.39 Å². The van der Waals surface area contributed by atoms with Gasteiger partial charge in [-0.2, -0.15) is 5.10 Å². The van der Waals surface area contributed by atoms with Crippen LogP contribution in [-0.4, -0.2) is 15.7 Å². The van der Waals surface area contributed by atoms with Crippen molar-refractivity contribution in [2.24, 2.45) is 12.8 Å². The molecule has 0 unspecified atom stereocenters. The van der Waals surface area contributed by atoms with E-state index in [1.807, 2.05) is 0 Å². The van der Waals surface area contributed by atoms with E-state index >= 15 is 0 Å². The molecule has 102 valence electrons. The van der Waals surface area contributed by atoms with Gasteiger partial charge in [0.15, 0.2) is 0 Å². The van der Waals surface area contributed by atoms with Gasteiger partial charge in [-0.05, 0) is 17.7 Å². The maximum Gasteiger partial charge on any atom is 0.267 e. The predicted molar refractivity (Wildman–Crippen MR) is 72.7 cm³/mol. The predicted octanol–water partition coefficient (Wildman–Crippen LogP) is 1.69. The highest BCUT2D eigenvalue weighted by molar-refractivity contribution is 5.91. The first kappa shape index (κ1) is 15.0. The Hall–Kier alpha value is -2.08. The smallest absolute Gasteiger partial charge is 0.267 e. The Morgan fingerprint density at radius 2 is 2.21 bits per heavy atom. The summed E-state index contributed by atoms with van der Waals surface area (Å²) in [5, 5.41) is 7.08. The van der Waals surface area contributed by atoms with Crippen molar-refractivity contribution in [2.75, 3.05) is 5.32 Å². The maximum absolute atomic E-state index is 13.0. The number of hydrogen-bond acceptors (Lipinski definition) is 3. The van der Waals surface area contributed by atoms with Crippen LogP contribution in [0.25, 0.3) is 0 Å². The number of benzene rings is 1. The molecule has 1 heterocycles. The fourth-order valence-electron chi connectivity index (χ4n) is 1.62. The van der Waals surface area contributed by atoms with E-state index in [0.717, 1.165) is 5.56 Å². The van der Waals surface area contributed by atoms with Crippen LogP contribution in [-0.2, 0) is 13.6 Å². The van der Waals surface area contributed by atoms with Crippen molar-refractivity contribution < 1.29 is 9.18 Å². The number of nitrogens with one attached hydrogen (secondary N) is 1. The van der Waals surface area contributed by atoms with E-state index in [-0.39, 0.29) is 18.2 Å². The molecule has 0 radical (unpaired) electrons. The molecule has 7 heteroatoms. The monoisotopic (exact) mass is 284 g/mol. The highest BCUT2D eigenvalue weighted by Crippen LogP contribution is 2.10. The number of hydrogen-bond donors (Lipinski definition) is 2. The van der Waals surface area contributed by atoms with Gasteiger partial charge in [-0.3, -0.25) is 9.48 Å². The summed E-state index contributed by atoms with van der Waals surface area (Å²) in [7, 11) is 1.63. The quantitative estimate of drug-likeness (QED) is 0.897. The zero-order chi connectivity index (χ0) is 13.1.